The molecule has 0 radical (unpaired) electrons. The monoisotopic (exact) mass is 421 g/mol. The number of nitrogens with two attached hydrogens (primary N) is 1. The average molecular weight is 422 g/mol. The minimum atomic E-state index is 0.435. The summed E-state index contributed by atoms with van der Waals surface area (Å²) < 4.78 is 7.33. The molecule has 158 valence electrons. The highest BCUT2D eigenvalue weighted by Gasteiger charge is 2.18. The van der Waals surface area contributed by atoms with E-state index in [9.17, 15) is 0 Å². The molecule has 0 unspecified atom stereocenters. The number of fused-ring (bicyclic) bond motifs is 1. The first kappa shape index (κ1) is 19.8. The van der Waals surface area contributed by atoms with Crippen molar-refractivity contribution in [3.8, 4) is 34.1 Å². The van der Waals surface area contributed by atoms with E-state index in [1.165, 1.54) is 5.56 Å². The predicted octanol–water partition coefficient (Wildman–Crippen LogP) is 5.30. The molecule has 32 heavy (non-hydrogen) atoms. The van der Waals surface area contributed by atoms with Gasteiger partial charge in [-0.15, -0.1) is 0 Å². The summed E-state index contributed by atoms with van der Waals surface area (Å²) in [6.45, 7) is 2.14. The molecule has 0 bridgehead atoms. The largest absolute Gasteiger partial charge is 0.497 e. The lowest BCUT2D eigenvalue weighted by Gasteiger charge is -2.11. The van der Waals surface area contributed by atoms with Crippen LogP contribution in [0, 0.1) is 0 Å². The number of rotatable bonds is 5. The molecule has 5 aromatic rings. The summed E-state index contributed by atoms with van der Waals surface area (Å²) in [5, 5.41) is 0. The number of imidazole rings is 1. The van der Waals surface area contributed by atoms with Crippen LogP contribution in [0.2, 0.25) is 0 Å². The van der Waals surface area contributed by atoms with Crippen molar-refractivity contribution in [3.05, 3.63) is 84.6 Å². The number of nitrogen functional groups attached to an aromatic ring is 1. The van der Waals surface area contributed by atoms with Crippen molar-refractivity contribution in [3.63, 3.8) is 0 Å². The van der Waals surface area contributed by atoms with E-state index < -0.39 is 0 Å². The Morgan fingerprint density at radius 3 is 2.38 bits per heavy atom. The summed E-state index contributed by atoms with van der Waals surface area (Å²) in [4.78, 5) is 14.1. The van der Waals surface area contributed by atoms with Crippen LogP contribution in [0.4, 0.5) is 5.82 Å². The highest BCUT2D eigenvalue weighted by Crippen LogP contribution is 2.32. The van der Waals surface area contributed by atoms with Gasteiger partial charge < -0.3 is 10.5 Å². The van der Waals surface area contributed by atoms with Crippen molar-refractivity contribution in [1.29, 1.82) is 0 Å². The van der Waals surface area contributed by atoms with Gasteiger partial charge in [0.2, 0.25) is 0 Å². The Morgan fingerprint density at radius 2 is 1.69 bits per heavy atom. The number of pyridine rings is 2. The van der Waals surface area contributed by atoms with Crippen LogP contribution in [0.15, 0.2) is 79.0 Å². The topological polar surface area (TPSA) is 78.9 Å². The van der Waals surface area contributed by atoms with Crippen LogP contribution in [0.25, 0.3) is 39.5 Å². The van der Waals surface area contributed by atoms with Gasteiger partial charge in [0.15, 0.2) is 11.5 Å². The molecule has 5 rings (SSSR count). The first-order valence-electron chi connectivity index (χ1n) is 10.5. The molecule has 0 aliphatic rings. The summed E-state index contributed by atoms with van der Waals surface area (Å²) in [6.07, 6.45) is 2.66. The van der Waals surface area contributed by atoms with Crippen LogP contribution in [0.1, 0.15) is 12.5 Å². The van der Waals surface area contributed by atoms with Crippen LogP contribution in [0.3, 0.4) is 0 Å². The van der Waals surface area contributed by atoms with Gasteiger partial charge in [-0.25, -0.2) is 15.0 Å². The third-order valence-electron chi connectivity index (χ3n) is 5.57. The molecule has 0 fully saturated rings. The van der Waals surface area contributed by atoms with E-state index in [0.717, 1.165) is 45.8 Å². The van der Waals surface area contributed by atoms with E-state index in [4.69, 9.17) is 20.4 Å². The molecule has 0 saturated carbocycles. The standard InChI is InChI=1S/C26H23N5O/c1-3-17-6-10-19(11-7-17)31-25(21-5-4-16-28-24(21)27)30-23-15-14-22(29-26(23)31)18-8-12-20(32-2)13-9-18/h4-16H,3H2,1-2H3,(H2,27,28). The van der Waals surface area contributed by atoms with Crippen LogP contribution in [-0.4, -0.2) is 26.6 Å². The molecule has 0 aliphatic heterocycles. The van der Waals surface area contributed by atoms with E-state index in [1.54, 1.807) is 13.3 Å². The summed E-state index contributed by atoms with van der Waals surface area (Å²) >= 11 is 0. The maximum atomic E-state index is 6.22. The van der Waals surface area contributed by atoms with Gasteiger partial charge >= 0.3 is 0 Å². The number of aryl methyl sites for hydroxylation is 1. The molecule has 6 nitrogen and oxygen atoms in total. The summed E-state index contributed by atoms with van der Waals surface area (Å²) in [5.74, 6) is 1.96. The number of hydrogen-bond donors (Lipinski definition) is 1. The Bertz CT molecular complexity index is 1390. The first-order chi connectivity index (χ1) is 15.7. The SMILES string of the molecule is CCc1ccc(-n2c(-c3cccnc3N)nc3ccc(-c4ccc(OC)cc4)nc32)cc1. The zero-order valence-corrected chi connectivity index (χ0v) is 18.0. The maximum Gasteiger partial charge on any atom is 0.165 e. The molecule has 2 aromatic carbocycles. The minimum absolute atomic E-state index is 0.435. The van der Waals surface area contributed by atoms with Crippen LogP contribution < -0.4 is 10.5 Å². The first-order valence-corrected chi connectivity index (χ1v) is 10.5. The van der Waals surface area contributed by atoms with Gasteiger partial charge in [-0.3, -0.25) is 4.57 Å². The lowest BCUT2D eigenvalue weighted by atomic mass is 10.1. The second-order valence-electron chi connectivity index (χ2n) is 7.49. The third-order valence-corrected chi connectivity index (χ3v) is 5.57. The van der Waals surface area contributed by atoms with Gasteiger partial charge in [0, 0.05) is 17.4 Å². The van der Waals surface area contributed by atoms with Gasteiger partial charge in [0.25, 0.3) is 0 Å². The van der Waals surface area contributed by atoms with Gasteiger partial charge in [-0.05, 0) is 72.6 Å². The van der Waals surface area contributed by atoms with E-state index in [1.807, 2.05) is 48.5 Å². The van der Waals surface area contributed by atoms with Crippen molar-refractivity contribution in [2.75, 3.05) is 12.8 Å². The Morgan fingerprint density at radius 1 is 0.906 bits per heavy atom. The van der Waals surface area contributed by atoms with Crippen molar-refractivity contribution in [1.82, 2.24) is 19.5 Å². The fraction of sp³-hybridized carbons (Fsp3) is 0.115. The summed E-state index contributed by atoms with van der Waals surface area (Å²) in [6, 6.07) is 24.1. The number of methoxy groups -OCH3 is 1. The summed E-state index contributed by atoms with van der Waals surface area (Å²) in [7, 11) is 1.66. The lowest BCUT2D eigenvalue weighted by Crippen LogP contribution is -2.02. The zero-order chi connectivity index (χ0) is 22.1. The molecule has 6 heteroatoms. The van der Waals surface area contributed by atoms with E-state index in [0.29, 0.717) is 11.6 Å². The van der Waals surface area contributed by atoms with E-state index in [-0.39, 0.29) is 0 Å². The fourth-order valence-corrected chi connectivity index (χ4v) is 3.79. The lowest BCUT2D eigenvalue weighted by molar-refractivity contribution is 0.415. The van der Waals surface area contributed by atoms with Gasteiger partial charge in [0.05, 0.1) is 18.4 Å². The van der Waals surface area contributed by atoms with Crippen molar-refractivity contribution < 1.29 is 4.74 Å². The highest BCUT2D eigenvalue weighted by atomic mass is 16.5. The van der Waals surface area contributed by atoms with E-state index in [2.05, 4.69) is 40.7 Å². The number of anilines is 1. The summed E-state index contributed by atoms with van der Waals surface area (Å²) in [5.41, 5.74) is 12.7. The van der Waals surface area contributed by atoms with Crippen LogP contribution in [-0.2, 0) is 6.42 Å². The van der Waals surface area contributed by atoms with Gasteiger partial charge in [-0.1, -0.05) is 19.1 Å². The number of benzene rings is 2. The predicted molar refractivity (Wildman–Crippen MR) is 128 cm³/mol. The molecular formula is C26H23N5O. The molecule has 0 spiro atoms. The van der Waals surface area contributed by atoms with Gasteiger partial charge in [0.1, 0.15) is 17.1 Å². The number of aromatic nitrogens is 4. The molecule has 3 heterocycles. The number of hydrogen-bond acceptors (Lipinski definition) is 5. The second kappa shape index (κ2) is 8.15. The Labute approximate surface area is 186 Å². The van der Waals surface area contributed by atoms with Gasteiger partial charge in [-0.2, -0.15) is 0 Å². The molecular weight excluding hydrogens is 398 g/mol. The molecule has 3 aromatic heterocycles. The zero-order valence-electron chi connectivity index (χ0n) is 18.0. The molecule has 0 amide bonds. The number of nitrogens with zero attached hydrogens (tertiary/aromatic N) is 4. The van der Waals surface area contributed by atoms with Crippen LogP contribution in [0.5, 0.6) is 5.75 Å². The van der Waals surface area contributed by atoms with Crippen molar-refractivity contribution in [2.45, 2.75) is 13.3 Å². The second-order valence-corrected chi connectivity index (χ2v) is 7.49. The molecule has 0 saturated heterocycles. The van der Waals surface area contributed by atoms with Crippen molar-refractivity contribution >= 4 is 17.0 Å². The minimum Gasteiger partial charge on any atom is -0.497 e. The van der Waals surface area contributed by atoms with Crippen molar-refractivity contribution in [2.24, 2.45) is 0 Å². The Kier molecular flexibility index (Phi) is 5.03. The normalized spacial score (nSPS) is 11.1. The maximum absolute atomic E-state index is 6.22. The third kappa shape index (κ3) is 3.46. The smallest absolute Gasteiger partial charge is 0.165 e. The Balaban J connectivity index is 1.74. The highest BCUT2D eigenvalue weighted by molar-refractivity contribution is 5.84. The van der Waals surface area contributed by atoms with E-state index >= 15 is 0 Å². The Hall–Kier alpha value is -4.19. The number of ether oxygens (including phenoxy) is 1. The quantitative estimate of drug-likeness (QED) is 0.416. The average Bonchev–Trinajstić information content (AvgIpc) is 3.23. The molecule has 2 N–H and O–H groups in total. The fourth-order valence-electron chi connectivity index (χ4n) is 3.79. The van der Waals surface area contributed by atoms with Crippen LogP contribution >= 0.6 is 0 Å². The molecule has 0 aliphatic carbocycles. The molecule has 0 atom stereocenters.